The van der Waals surface area contributed by atoms with Gasteiger partial charge in [0.05, 0.1) is 18.4 Å². The van der Waals surface area contributed by atoms with E-state index in [1.54, 1.807) is 0 Å². The van der Waals surface area contributed by atoms with Gasteiger partial charge in [0, 0.05) is 22.7 Å². The Hall–Kier alpha value is -2.62. The molecule has 1 aromatic heterocycles. The molecule has 9 nitrogen and oxygen atoms in total. The second-order valence-electron chi connectivity index (χ2n) is 8.55. The third-order valence-electron chi connectivity index (χ3n) is 5.20. The second-order valence-corrected chi connectivity index (χ2v) is 11.5. The molecular formula is C24H27F2IN4O5S. The number of nitrogens with one attached hydrogen (secondary N) is 3. The molecule has 3 rings (SSSR count). The number of carbonyl (C=O) groups excluding carboxylic acids is 1. The molecule has 0 saturated heterocycles. The van der Waals surface area contributed by atoms with Crippen molar-refractivity contribution in [3.05, 3.63) is 80.4 Å². The Morgan fingerprint density at radius 1 is 1.16 bits per heavy atom. The van der Waals surface area contributed by atoms with E-state index in [0.29, 0.717) is 6.54 Å². The van der Waals surface area contributed by atoms with Crippen LogP contribution in [-0.2, 0) is 34.2 Å². The smallest absolute Gasteiger partial charge is 0.231 e. The number of nitrogens with zero attached hydrogens (tertiary/aromatic N) is 1. The largest absolute Gasteiger partial charge is 0.443 e. The molecule has 2 atom stereocenters. The van der Waals surface area contributed by atoms with E-state index in [-0.39, 0.29) is 42.4 Å². The third-order valence-corrected chi connectivity index (χ3v) is 6.43. The molecule has 1 heterocycles. The number of carbonyl (C=O) groups is 1. The van der Waals surface area contributed by atoms with Gasteiger partial charge in [0.1, 0.15) is 23.8 Å². The first-order chi connectivity index (χ1) is 17.4. The number of aryl methyl sites for hydroxylation is 1. The summed E-state index contributed by atoms with van der Waals surface area (Å²) in [6, 6.07) is 9.90. The summed E-state index contributed by atoms with van der Waals surface area (Å²) in [5.41, 5.74) is 1.26. The number of benzene rings is 2. The average molecular weight is 648 g/mol. The first-order valence-corrected chi connectivity index (χ1v) is 14.2. The van der Waals surface area contributed by atoms with Gasteiger partial charge in [0.2, 0.25) is 21.8 Å². The Morgan fingerprint density at radius 3 is 2.51 bits per heavy atom. The van der Waals surface area contributed by atoms with Gasteiger partial charge >= 0.3 is 0 Å². The minimum Gasteiger partial charge on any atom is -0.443 e. The van der Waals surface area contributed by atoms with Crippen molar-refractivity contribution in [2.75, 3.05) is 17.5 Å². The number of aliphatic hydroxyl groups is 1. The van der Waals surface area contributed by atoms with Gasteiger partial charge in [-0.05, 0) is 71.3 Å². The van der Waals surface area contributed by atoms with Crippen LogP contribution in [0, 0.1) is 22.1 Å². The summed E-state index contributed by atoms with van der Waals surface area (Å²) < 4.78 is 59.0. The van der Waals surface area contributed by atoms with Crippen molar-refractivity contribution < 1.29 is 31.5 Å². The molecule has 200 valence electrons. The van der Waals surface area contributed by atoms with Crippen molar-refractivity contribution in [2.45, 2.75) is 38.5 Å². The zero-order valence-corrected chi connectivity index (χ0v) is 23.1. The van der Waals surface area contributed by atoms with Crippen LogP contribution in [0.4, 0.5) is 14.6 Å². The molecule has 0 aliphatic rings. The molecule has 0 saturated carbocycles. The Bertz CT molecular complexity index is 1330. The highest BCUT2D eigenvalue weighted by Gasteiger charge is 2.24. The van der Waals surface area contributed by atoms with Gasteiger partial charge in [0.25, 0.3) is 0 Å². The number of amides is 1. The maximum atomic E-state index is 13.7. The Morgan fingerprint density at radius 2 is 1.86 bits per heavy atom. The fourth-order valence-electron chi connectivity index (χ4n) is 3.61. The summed E-state index contributed by atoms with van der Waals surface area (Å²) in [6.45, 7) is 2.05. The van der Waals surface area contributed by atoms with Crippen LogP contribution in [0.3, 0.4) is 0 Å². The first-order valence-electron chi connectivity index (χ1n) is 11.2. The van der Waals surface area contributed by atoms with Crippen LogP contribution in [-0.4, -0.2) is 49.4 Å². The molecular weight excluding hydrogens is 621 g/mol. The fourth-order valence-corrected chi connectivity index (χ4v) is 4.76. The first kappa shape index (κ1) is 28.9. The molecule has 13 heteroatoms. The monoisotopic (exact) mass is 648 g/mol. The third kappa shape index (κ3) is 9.64. The Kier molecular flexibility index (Phi) is 9.98. The zero-order valence-electron chi connectivity index (χ0n) is 20.1. The van der Waals surface area contributed by atoms with Crippen LogP contribution in [0.15, 0.2) is 46.9 Å². The molecule has 0 aliphatic heterocycles. The average Bonchev–Trinajstić information content (AvgIpc) is 3.09. The molecule has 0 bridgehead atoms. The number of aromatic nitrogens is 1. The van der Waals surface area contributed by atoms with Gasteiger partial charge < -0.3 is 20.2 Å². The summed E-state index contributed by atoms with van der Waals surface area (Å²) >= 11 is 2.20. The van der Waals surface area contributed by atoms with Gasteiger partial charge in [0.15, 0.2) is 5.82 Å². The van der Waals surface area contributed by atoms with Crippen LogP contribution < -0.4 is 15.4 Å². The lowest BCUT2D eigenvalue weighted by Gasteiger charge is -2.25. The van der Waals surface area contributed by atoms with Crippen LogP contribution in [0.2, 0.25) is 0 Å². The highest BCUT2D eigenvalue weighted by molar-refractivity contribution is 14.1. The molecule has 0 spiro atoms. The van der Waals surface area contributed by atoms with Gasteiger partial charge in [-0.15, -0.1) is 0 Å². The number of hydrogen-bond acceptors (Lipinski definition) is 7. The van der Waals surface area contributed by atoms with Crippen molar-refractivity contribution in [3.63, 3.8) is 0 Å². The van der Waals surface area contributed by atoms with E-state index < -0.39 is 39.7 Å². The predicted octanol–water partition coefficient (Wildman–Crippen LogP) is 2.66. The topological polar surface area (TPSA) is 134 Å². The minimum atomic E-state index is -3.59. The van der Waals surface area contributed by atoms with Gasteiger partial charge in [-0.2, -0.15) is 4.98 Å². The number of hydrogen-bond donors (Lipinski definition) is 4. The Balaban J connectivity index is 1.69. The second kappa shape index (κ2) is 12.8. The van der Waals surface area contributed by atoms with Gasteiger partial charge in [-0.1, -0.05) is 12.1 Å². The number of oxazole rings is 1. The van der Waals surface area contributed by atoms with Crippen molar-refractivity contribution >= 4 is 44.3 Å². The van der Waals surface area contributed by atoms with Crippen molar-refractivity contribution in [2.24, 2.45) is 0 Å². The molecule has 4 N–H and O–H groups in total. The number of halogens is 3. The number of rotatable bonds is 12. The molecule has 0 aliphatic carbocycles. The van der Waals surface area contributed by atoms with E-state index in [1.165, 1.54) is 6.92 Å². The van der Waals surface area contributed by atoms with Crippen LogP contribution >= 0.6 is 22.6 Å². The molecule has 0 fully saturated rings. The maximum Gasteiger partial charge on any atom is 0.231 e. The number of anilines is 1. The molecule has 1 amide bonds. The van der Waals surface area contributed by atoms with E-state index in [1.807, 2.05) is 24.3 Å². The Labute approximate surface area is 227 Å². The SMILES string of the molecule is Cc1oc(CC(=O)N[C@@H](Cc2cc(F)cc(F)c2)[C@H](O)CNCc2cccc(I)c2)nc1NS(C)(=O)=O. The lowest BCUT2D eigenvalue weighted by molar-refractivity contribution is -0.122. The predicted molar refractivity (Wildman–Crippen MR) is 142 cm³/mol. The lowest BCUT2D eigenvalue weighted by atomic mass is 10.0. The van der Waals surface area contributed by atoms with Crippen molar-refractivity contribution in [1.82, 2.24) is 15.6 Å². The van der Waals surface area contributed by atoms with E-state index in [4.69, 9.17) is 4.42 Å². The molecule has 2 aromatic carbocycles. The lowest BCUT2D eigenvalue weighted by Crippen LogP contribution is -2.49. The van der Waals surface area contributed by atoms with Gasteiger partial charge in [-0.3, -0.25) is 9.52 Å². The fraction of sp³-hybridized carbons (Fsp3) is 0.333. The van der Waals surface area contributed by atoms with E-state index in [0.717, 1.165) is 33.6 Å². The van der Waals surface area contributed by atoms with Gasteiger partial charge in [-0.25, -0.2) is 17.2 Å². The van der Waals surface area contributed by atoms with Crippen LogP contribution in [0.25, 0.3) is 0 Å². The van der Waals surface area contributed by atoms with Crippen molar-refractivity contribution in [1.29, 1.82) is 0 Å². The van der Waals surface area contributed by atoms with E-state index >= 15 is 0 Å². The van der Waals surface area contributed by atoms with E-state index in [2.05, 4.69) is 42.9 Å². The summed E-state index contributed by atoms with van der Waals surface area (Å²) in [5.74, 6) is -2.01. The number of sulfonamides is 1. The summed E-state index contributed by atoms with van der Waals surface area (Å²) in [4.78, 5) is 16.8. The zero-order chi connectivity index (χ0) is 27.2. The molecule has 0 unspecified atom stereocenters. The van der Waals surface area contributed by atoms with E-state index in [9.17, 15) is 27.1 Å². The van der Waals surface area contributed by atoms with Crippen LogP contribution in [0.1, 0.15) is 22.8 Å². The normalized spacial score (nSPS) is 13.2. The quantitative estimate of drug-likeness (QED) is 0.222. The molecule has 37 heavy (non-hydrogen) atoms. The highest BCUT2D eigenvalue weighted by atomic mass is 127. The minimum absolute atomic E-state index is 0.0307. The number of aliphatic hydroxyl groups excluding tert-OH is 1. The van der Waals surface area contributed by atoms with Crippen molar-refractivity contribution in [3.8, 4) is 0 Å². The highest BCUT2D eigenvalue weighted by Crippen LogP contribution is 2.17. The summed E-state index contributed by atoms with van der Waals surface area (Å²) in [7, 11) is -3.59. The van der Waals surface area contributed by atoms with Crippen LogP contribution in [0.5, 0.6) is 0 Å². The maximum absolute atomic E-state index is 13.7. The molecule has 3 aromatic rings. The summed E-state index contributed by atoms with van der Waals surface area (Å²) in [6.07, 6.45) is -0.533. The summed E-state index contributed by atoms with van der Waals surface area (Å²) in [5, 5.41) is 16.6. The standard InChI is InChI=1S/C24H27F2IN4O5S/c1-14-24(31-37(2,34)35)30-23(36-14)11-22(33)29-20(9-16-6-17(25)10-18(26)7-16)21(32)13-28-12-15-4-3-5-19(27)8-15/h3-8,10,20-21,28,31-32H,9,11-13H2,1-2H3,(H,29,33)/t20-,21+/m0/s1. The molecule has 0 radical (unpaired) electrons.